The van der Waals surface area contributed by atoms with E-state index < -0.39 is 10.0 Å². The number of hydrogen-bond acceptors (Lipinski definition) is 4. The second-order valence-electron chi connectivity index (χ2n) is 6.61. The normalized spacial score (nSPS) is 23.7. The van der Waals surface area contributed by atoms with Crippen molar-refractivity contribution in [3.63, 3.8) is 0 Å². The molecule has 1 atom stereocenters. The van der Waals surface area contributed by atoms with E-state index in [-0.39, 0.29) is 12.0 Å². The van der Waals surface area contributed by atoms with Gasteiger partial charge in [-0.05, 0) is 25.7 Å². The zero-order valence-corrected chi connectivity index (χ0v) is 14.9. The second kappa shape index (κ2) is 6.91. The summed E-state index contributed by atoms with van der Waals surface area (Å²) in [5, 5.41) is 4.50. The predicted octanol–water partition coefficient (Wildman–Crippen LogP) is 2.27. The van der Waals surface area contributed by atoms with Crippen molar-refractivity contribution < 1.29 is 13.2 Å². The minimum atomic E-state index is -3.53. The maximum atomic E-state index is 13.3. The summed E-state index contributed by atoms with van der Waals surface area (Å²) in [5.74, 6) is 0.280. The van der Waals surface area contributed by atoms with Crippen molar-refractivity contribution in [3.8, 4) is 0 Å². The number of hydrogen-bond donors (Lipinski definition) is 0. The fraction of sp³-hybridized carbons (Fsp3) is 0.812. The molecule has 1 saturated carbocycles. The van der Waals surface area contributed by atoms with Crippen LogP contribution in [0.1, 0.15) is 57.1 Å². The molecule has 0 amide bonds. The Bertz CT molecular complexity index is 629. The van der Waals surface area contributed by atoms with Gasteiger partial charge in [0.15, 0.2) is 0 Å². The fourth-order valence-corrected chi connectivity index (χ4v) is 5.78. The van der Waals surface area contributed by atoms with Gasteiger partial charge in [-0.2, -0.15) is 9.40 Å². The maximum Gasteiger partial charge on any atom is 0.246 e. The minimum absolute atomic E-state index is 0.0598. The number of nitrogens with zero attached hydrogens (tertiary/aromatic N) is 3. The molecule has 0 spiro atoms. The number of aryl methyl sites for hydroxylation is 1. The lowest BCUT2D eigenvalue weighted by molar-refractivity contribution is 0.0467. The van der Waals surface area contributed by atoms with Gasteiger partial charge in [0.25, 0.3) is 0 Å². The van der Waals surface area contributed by atoms with Gasteiger partial charge < -0.3 is 4.74 Å². The minimum Gasteiger partial charge on any atom is -0.380 e. The predicted molar refractivity (Wildman–Crippen MR) is 87.8 cm³/mol. The van der Waals surface area contributed by atoms with Gasteiger partial charge in [-0.15, -0.1) is 0 Å². The van der Waals surface area contributed by atoms with E-state index in [1.165, 1.54) is 0 Å². The van der Waals surface area contributed by atoms with Crippen molar-refractivity contribution in [2.24, 2.45) is 7.05 Å². The monoisotopic (exact) mass is 341 g/mol. The lowest BCUT2D eigenvalue weighted by atomic mass is 10.1. The Morgan fingerprint density at radius 3 is 2.65 bits per heavy atom. The van der Waals surface area contributed by atoms with Crippen LogP contribution in [-0.4, -0.2) is 48.3 Å². The standard InChI is InChI=1S/C16H27N3O3S/c1-3-19(14-9-6-10-22-12-14)23(20,21)15-11-18(2)17-16(15)13-7-4-5-8-13/h11,13-14H,3-10,12H2,1-2H3. The highest BCUT2D eigenvalue weighted by atomic mass is 32.2. The van der Waals surface area contributed by atoms with Crippen LogP contribution in [0.4, 0.5) is 0 Å². The van der Waals surface area contributed by atoms with Gasteiger partial charge in [0.05, 0.1) is 12.3 Å². The van der Waals surface area contributed by atoms with Crippen LogP contribution in [0.25, 0.3) is 0 Å². The summed E-state index contributed by atoms with van der Waals surface area (Å²) in [6.45, 7) is 3.59. The molecular weight excluding hydrogens is 314 g/mol. The van der Waals surface area contributed by atoms with Crippen molar-refractivity contribution in [2.75, 3.05) is 19.8 Å². The van der Waals surface area contributed by atoms with Crippen molar-refractivity contribution in [1.82, 2.24) is 14.1 Å². The number of sulfonamides is 1. The van der Waals surface area contributed by atoms with E-state index in [1.807, 2.05) is 6.92 Å². The highest BCUT2D eigenvalue weighted by Crippen LogP contribution is 2.37. The van der Waals surface area contributed by atoms with Crippen LogP contribution in [0.15, 0.2) is 11.1 Å². The third-order valence-corrected chi connectivity index (χ3v) is 7.05. The first kappa shape index (κ1) is 16.9. The molecule has 0 bridgehead atoms. The first-order valence-electron chi connectivity index (χ1n) is 8.67. The van der Waals surface area contributed by atoms with Gasteiger partial charge in [-0.3, -0.25) is 4.68 Å². The summed E-state index contributed by atoms with van der Waals surface area (Å²) in [5.41, 5.74) is 0.764. The first-order valence-corrected chi connectivity index (χ1v) is 10.1. The summed E-state index contributed by atoms with van der Waals surface area (Å²) in [4.78, 5) is 0.402. The average Bonchev–Trinajstić information content (AvgIpc) is 3.18. The van der Waals surface area contributed by atoms with Crippen LogP contribution >= 0.6 is 0 Å². The molecule has 130 valence electrons. The summed E-state index contributed by atoms with van der Waals surface area (Å²) in [6.07, 6.45) is 7.86. The number of ether oxygens (including phenoxy) is 1. The third-order valence-electron chi connectivity index (χ3n) is 5.01. The lowest BCUT2D eigenvalue weighted by Crippen LogP contribution is -2.44. The van der Waals surface area contributed by atoms with Crippen LogP contribution in [0, 0.1) is 0 Å². The fourth-order valence-electron chi connectivity index (χ4n) is 3.87. The van der Waals surface area contributed by atoms with E-state index in [2.05, 4.69) is 5.10 Å². The smallest absolute Gasteiger partial charge is 0.246 e. The van der Waals surface area contributed by atoms with Crippen molar-refractivity contribution >= 4 is 10.0 Å². The highest BCUT2D eigenvalue weighted by molar-refractivity contribution is 7.89. The van der Waals surface area contributed by atoms with Crippen molar-refractivity contribution in [3.05, 3.63) is 11.9 Å². The van der Waals surface area contributed by atoms with Gasteiger partial charge in [-0.1, -0.05) is 19.8 Å². The molecule has 1 saturated heterocycles. The molecule has 0 aromatic carbocycles. The van der Waals surface area contributed by atoms with Gasteiger partial charge in [0.2, 0.25) is 10.0 Å². The third kappa shape index (κ3) is 3.32. The molecule has 1 aliphatic carbocycles. The molecule has 3 rings (SSSR count). The summed E-state index contributed by atoms with van der Waals surface area (Å²) >= 11 is 0. The molecule has 6 nitrogen and oxygen atoms in total. The van der Waals surface area contributed by atoms with E-state index >= 15 is 0 Å². The van der Waals surface area contributed by atoms with Gasteiger partial charge in [-0.25, -0.2) is 8.42 Å². The van der Waals surface area contributed by atoms with Gasteiger partial charge in [0.1, 0.15) is 4.90 Å². The lowest BCUT2D eigenvalue weighted by Gasteiger charge is -2.32. The van der Waals surface area contributed by atoms with Crippen LogP contribution in [0.3, 0.4) is 0 Å². The number of likely N-dealkylation sites (N-methyl/N-ethyl adjacent to an activating group) is 1. The quantitative estimate of drug-likeness (QED) is 0.824. The molecule has 0 N–H and O–H groups in total. The molecule has 0 radical (unpaired) electrons. The molecule has 1 aliphatic heterocycles. The second-order valence-corrected chi connectivity index (χ2v) is 8.47. The van der Waals surface area contributed by atoms with Gasteiger partial charge >= 0.3 is 0 Å². The van der Waals surface area contributed by atoms with E-state index in [4.69, 9.17) is 4.74 Å². The summed E-state index contributed by atoms with van der Waals surface area (Å²) in [7, 11) is -1.72. The average molecular weight is 341 g/mol. The molecule has 7 heteroatoms. The molecular formula is C16H27N3O3S. The Labute approximate surface area is 138 Å². The van der Waals surface area contributed by atoms with Crippen LogP contribution in [0.5, 0.6) is 0 Å². The Morgan fingerprint density at radius 2 is 2.04 bits per heavy atom. The van der Waals surface area contributed by atoms with E-state index in [9.17, 15) is 8.42 Å². The largest absolute Gasteiger partial charge is 0.380 e. The Morgan fingerprint density at radius 1 is 1.30 bits per heavy atom. The Balaban J connectivity index is 1.94. The number of rotatable bonds is 5. The van der Waals surface area contributed by atoms with Crippen molar-refractivity contribution in [2.45, 2.75) is 62.3 Å². The summed E-state index contributed by atoms with van der Waals surface area (Å²) < 4.78 is 35.3. The zero-order chi connectivity index (χ0) is 16.4. The molecule has 1 aromatic rings. The van der Waals surface area contributed by atoms with E-state index in [0.29, 0.717) is 18.0 Å². The molecule has 2 fully saturated rings. The Hall–Kier alpha value is -0.920. The van der Waals surface area contributed by atoms with Crippen LogP contribution < -0.4 is 0 Å². The molecule has 2 aliphatic rings. The van der Waals surface area contributed by atoms with E-state index in [1.54, 1.807) is 22.2 Å². The van der Waals surface area contributed by atoms with Crippen LogP contribution in [0.2, 0.25) is 0 Å². The Kier molecular flexibility index (Phi) is 5.08. The zero-order valence-electron chi connectivity index (χ0n) is 14.1. The first-order chi connectivity index (χ1) is 11.0. The van der Waals surface area contributed by atoms with E-state index in [0.717, 1.165) is 50.8 Å². The topological polar surface area (TPSA) is 64.4 Å². The number of aromatic nitrogens is 2. The van der Waals surface area contributed by atoms with Crippen LogP contribution in [-0.2, 0) is 21.8 Å². The molecule has 1 aromatic heterocycles. The SMILES string of the molecule is CCN(C1CCCOC1)S(=O)(=O)c1cn(C)nc1C1CCCC1. The van der Waals surface area contributed by atoms with Gasteiger partial charge in [0, 0.05) is 38.4 Å². The maximum absolute atomic E-state index is 13.3. The van der Waals surface area contributed by atoms with Crippen molar-refractivity contribution in [1.29, 1.82) is 0 Å². The highest BCUT2D eigenvalue weighted by Gasteiger charge is 2.36. The molecule has 1 unspecified atom stereocenters. The molecule has 2 heterocycles. The molecule has 23 heavy (non-hydrogen) atoms. The summed E-state index contributed by atoms with van der Waals surface area (Å²) in [6, 6.07) is -0.0598.